The molecule has 0 N–H and O–H groups in total. The van der Waals surface area contributed by atoms with Crippen molar-refractivity contribution in [2.45, 2.75) is 49.2 Å². The zero-order valence-electron chi connectivity index (χ0n) is 13.1. The molecule has 1 aromatic heterocycles. The van der Waals surface area contributed by atoms with Gasteiger partial charge >= 0.3 is 0 Å². The molecule has 1 aromatic rings. The Morgan fingerprint density at radius 1 is 1.22 bits per heavy atom. The van der Waals surface area contributed by atoms with Gasteiger partial charge in [-0.2, -0.15) is 0 Å². The van der Waals surface area contributed by atoms with Crippen molar-refractivity contribution in [3.8, 4) is 0 Å². The van der Waals surface area contributed by atoms with Crippen LogP contribution in [0.3, 0.4) is 0 Å². The maximum atomic E-state index is 12.8. The molecule has 1 amide bonds. The molecule has 0 spiro atoms. The average Bonchev–Trinajstić information content (AvgIpc) is 3.17. The lowest BCUT2D eigenvalue weighted by Crippen LogP contribution is -2.47. The number of carbonyl (C=O) groups excluding carboxylic acids is 1. The van der Waals surface area contributed by atoms with Crippen LogP contribution >= 0.6 is 11.8 Å². The molecule has 2 heterocycles. The van der Waals surface area contributed by atoms with E-state index < -0.39 is 9.84 Å². The van der Waals surface area contributed by atoms with Crippen molar-refractivity contribution in [2.75, 3.05) is 17.3 Å². The number of pyridine rings is 1. The van der Waals surface area contributed by atoms with Crippen LogP contribution in [0, 0.1) is 0 Å². The van der Waals surface area contributed by atoms with Gasteiger partial charge in [0.25, 0.3) is 0 Å². The molecule has 1 aliphatic carbocycles. The van der Waals surface area contributed by atoms with Crippen LogP contribution in [0.4, 0.5) is 0 Å². The first-order valence-electron chi connectivity index (χ1n) is 8.10. The molecule has 0 bridgehead atoms. The van der Waals surface area contributed by atoms with Gasteiger partial charge in [-0.15, -0.1) is 0 Å². The van der Waals surface area contributed by atoms with Crippen molar-refractivity contribution in [2.24, 2.45) is 0 Å². The number of sulfone groups is 1. The lowest BCUT2D eigenvalue weighted by atomic mass is 10.1. The quantitative estimate of drug-likeness (QED) is 0.758. The van der Waals surface area contributed by atoms with Gasteiger partial charge in [-0.1, -0.05) is 30.7 Å². The molecule has 2 aliphatic rings. The number of carbonyl (C=O) groups is 1. The minimum absolute atomic E-state index is 0.0506. The fourth-order valence-corrected chi connectivity index (χ4v) is 5.97. The average molecular weight is 354 g/mol. The van der Waals surface area contributed by atoms with Crippen molar-refractivity contribution in [1.82, 2.24) is 9.88 Å². The summed E-state index contributed by atoms with van der Waals surface area (Å²) < 4.78 is 23.6. The Morgan fingerprint density at radius 3 is 2.61 bits per heavy atom. The molecule has 0 aromatic carbocycles. The van der Waals surface area contributed by atoms with Crippen LogP contribution in [0.5, 0.6) is 0 Å². The summed E-state index contributed by atoms with van der Waals surface area (Å²) in [6.07, 6.45) is 6.54. The standard InChI is InChI=1S/C16H22N2O3S2/c19-16(11-22-15-7-3-4-9-17-15)18(13-5-1-2-6-13)14-8-10-23(20,21)12-14/h3-4,7,9,13-14H,1-2,5-6,8,10-12H2/t14-/m1/s1. The monoisotopic (exact) mass is 354 g/mol. The molecule has 1 saturated heterocycles. The molecule has 0 unspecified atom stereocenters. The van der Waals surface area contributed by atoms with E-state index in [1.165, 1.54) is 11.8 Å². The van der Waals surface area contributed by atoms with E-state index >= 15 is 0 Å². The third kappa shape index (κ3) is 4.26. The number of nitrogens with zero attached hydrogens (tertiary/aromatic N) is 2. The number of thioether (sulfide) groups is 1. The number of amides is 1. The van der Waals surface area contributed by atoms with Gasteiger partial charge in [0.1, 0.15) is 0 Å². The minimum atomic E-state index is -2.98. The topological polar surface area (TPSA) is 67.3 Å². The van der Waals surface area contributed by atoms with E-state index in [0.717, 1.165) is 30.7 Å². The third-order valence-electron chi connectivity index (χ3n) is 4.59. The first-order valence-corrected chi connectivity index (χ1v) is 10.9. The Bertz CT molecular complexity index is 643. The smallest absolute Gasteiger partial charge is 0.233 e. The van der Waals surface area contributed by atoms with Crippen LogP contribution < -0.4 is 0 Å². The van der Waals surface area contributed by atoms with E-state index in [0.29, 0.717) is 12.2 Å². The van der Waals surface area contributed by atoms with Gasteiger partial charge in [0, 0.05) is 18.3 Å². The fourth-order valence-electron chi connectivity index (χ4n) is 3.53. The van der Waals surface area contributed by atoms with Gasteiger partial charge in [0.2, 0.25) is 5.91 Å². The van der Waals surface area contributed by atoms with Crippen molar-refractivity contribution < 1.29 is 13.2 Å². The molecule has 23 heavy (non-hydrogen) atoms. The first kappa shape index (κ1) is 16.8. The van der Waals surface area contributed by atoms with E-state index in [9.17, 15) is 13.2 Å². The zero-order valence-corrected chi connectivity index (χ0v) is 14.7. The van der Waals surface area contributed by atoms with Crippen molar-refractivity contribution >= 4 is 27.5 Å². The van der Waals surface area contributed by atoms with Gasteiger partial charge in [0.05, 0.1) is 22.3 Å². The summed E-state index contributed by atoms with van der Waals surface area (Å²) in [6, 6.07) is 5.71. The second-order valence-electron chi connectivity index (χ2n) is 6.25. The Kier molecular flexibility index (Phi) is 5.26. The highest BCUT2D eigenvalue weighted by atomic mass is 32.2. The molecule has 126 valence electrons. The third-order valence-corrected chi connectivity index (χ3v) is 7.27. The van der Waals surface area contributed by atoms with Crippen molar-refractivity contribution in [3.05, 3.63) is 24.4 Å². The predicted molar refractivity (Wildman–Crippen MR) is 91.1 cm³/mol. The highest BCUT2D eigenvalue weighted by Gasteiger charge is 2.38. The van der Waals surface area contributed by atoms with Gasteiger partial charge in [-0.05, 0) is 31.4 Å². The second kappa shape index (κ2) is 7.21. The number of hydrogen-bond acceptors (Lipinski definition) is 5. The van der Waals surface area contributed by atoms with Gasteiger partial charge in [0.15, 0.2) is 9.84 Å². The van der Waals surface area contributed by atoms with Crippen molar-refractivity contribution in [1.29, 1.82) is 0 Å². The summed E-state index contributed by atoms with van der Waals surface area (Å²) in [7, 11) is -2.98. The Balaban J connectivity index is 1.68. The van der Waals surface area contributed by atoms with Crippen molar-refractivity contribution in [3.63, 3.8) is 0 Å². The maximum Gasteiger partial charge on any atom is 0.233 e. The van der Waals surface area contributed by atoms with Crippen LogP contribution in [-0.4, -0.2) is 53.6 Å². The second-order valence-corrected chi connectivity index (χ2v) is 9.48. The molecule has 1 aliphatic heterocycles. The summed E-state index contributed by atoms with van der Waals surface area (Å²) in [5, 5.41) is 0.825. The molecule has 7 heteroatoms. The summed E-state index contributed by atoms with van der Waals surface area (Å²) in [5.74, 6) is 0.712. The van der Waals surface area contributed by atoms with Gasteiger partial charge < -0.3 is 4.90 Å². The lowest BCUT2D eigenvalue weighted by molar-refractivity contribution is -0.132. The molecular weight excluding hydrogens is 332 g/mol. The Labute approximate surface area is 141 Å². The molecule has 5 nitrogen and oxygen atoms in total. The van der Waals surface area contributed by atoms with E-state index in [1.807, 2.05) is 23.1 Å². The highest BCUT2D eigenvalue weighted by molar-refractivity contribution is 7.99. The molecule has 1 saturated carbocycles. The molecule has 2 fully saturated rings. The van der Waals surface area contributed by atoms with E-state index in [-0.39, 0.29) is 29.5 Å². The summed E-state index contributed by atoms with van der Waals surface area (Å²) >= 11 is 1.42. The van der Waals surface area contributed by atoms with Crippen LogP contribution in [0.15, 0.2) is 29.4 Å². The minimum Gasteiger partial charge on any atom is -0.335 e. The largest absolute Gasteiger partial charge is 0.335 e. The number of rotatable bonds is 5. The first-order chi connectivity index (χ1) is 11.1. The summed E-state index contributed by atoms with van der Waals surface area (Å²) in [5.41, 5.74) is 0. The molecular formula is C16H22N2O3S2. The molecule has 3 rings (SSSR count). The van der Waals surface area contributed by atoms with Crippen LogP contribution in [0.25, 0.3) is 0 Å². The van der Waals surface area contributed by atoms with Crippen LogP contribution in [0.1, 0.15) is 32.1 Å². The molecule has 1 atom stereocenters. The van der Waals surface area contributed by atoms with E-state index in [2.05, 4.69) is 4.98 Å². The molecule has 0 radical (unpaired) electrons. The Hall–Kier alpha value is -1.08. The number of hydrogen-bond donors (Lipinski definition) is 0. The normalized spacial score (nSPS) is 23.9. The zero-order chi connectivity index (χ0) is 16.3. The SMILES string of the molecule is O=C(CSc1ccccn1)N(C1CCCC1)[C@@H]1CCS(=O)(=O)C1. The lowest BCUT2D eigenvalue weighted by Gasteiger charge is -2.34. The fraction of sp³-hybridized carbons (Fsp3) is 0.625. The van der Waals surface area contributed by atoms with E-state index in [4.69, 9.17) is 0 Å². The summed E-state index contributed by atoms with van der Waals surface area (Å²) in [6.45, 7) is 0. The highest BCUT2D eigenvalue weighted by Crippen LogP contribution is 2.30. The number of aromatic nitrogens is 1. The van der Waals surface area contributed by atoms with Gasteiger partial charge in [-0.25, -0.2) is 13.4 Å². The predicted octanol–water partition coefficient (Wildman–Crippen LogP) is 2.13. The summed E-state index contributed by atoms with van der Waals surface area (Å²) in [4.78, 5) is 18.9. The Morgan fingerprint density at radius 2 is 2.00 bits per heavy atom. The van der Waals surface area contributed by atoms with Crippen LogP contribution in [-0.2, 0) is 14.6 Å². The van der Waals surface area contributed by atoms with Crippen LogP contribution in [0.2, 0.25) is 0 Å². The van der Waals surface area contributed by atoms with E-state index in [1.54, 1.807) is 6.20 Å². The van der Waals surface area contributed by atoms with Gasteiger partial charge in [-0.3, -0.25) is 4.79 Å². The maximum absolute atomic E-state index is 12.8.